The molecule has 11 heteroatoms. The Morgan fingerprint density at radius 1 is 1.29 bits per heavy atom. The summed E-state index contributed by atoms with van der Waals surface area (Å²) in [4.78, 5) is 8.98. The van der Waals surface area contributed by atoms with E-state index in [4.69, 9.17) is 23.8 Å². The van der Waals surface area contributed by atoms with E-state index in [1.807, 2.05) is 20.8 Å². The zero-order chi connectivity index (χ0) is 21.3. The predicted molar refractivity (Wildman–Crippen MR) is 111 cm³/mol. The van der Waals surface area contributed by atoms with Crippen LogP contribution >= 0.6 is 35.2 Å². The van der Waals surface area contributed by atoms with E-state index >= 15 is 0 Å². The molecule has 2 rings (SSSR count). The fourth-order valence-corrected chi connectivity index (χ4v) is 3.82. The van der Waals surface area contributed by atoms with Crippen LogP contribution in [-0.4, -0.2) is 26.3 Å². The second-order valence-corrected chi connectivity index (χ2v) is 8.81. The number of rotatable bonds is 3. The molecule has 0 aliphatic carbocycles. The van der Waals surface area contributed by atoms with Crippen LogP contribution in [0.25, 0.3) is 10.7 Å². The molecule has 2 aromatic heterocycles. The van der Waals surface area contributed by atoms with Gasteiger partial charge in [0.25, 0.3) is 0 Å². The van der Waals surface area contributed by atoms with E-state index in [0.29, 0.717) is 21.5 Å². The van der Waals surface area contributed by atoms with Gasteiger partial charge >= 0.3 is 6.18 Å². The minimum absolute atomic E-state index is 0.113. The molecule has 0 radical (unpaired) electrons. The first kappa shape index (κ1) is 22.5. The average Bonchev–Trinajstić information content (AvgIpc) is 2.91. The molecule has 5 nitrogen and oxygen atoms in total. The minimum Gasteiger partial charge on any atom is -0.357 e. The number of alkyl halides is 3. The van der Waals surface area contributed by atoms with Crippen molar-refractivity contribution in [1.29, 1.82) is 0 Å². The molecule has 0 saturated heterocycles. The highest BCUT2D eigenvalue weighted by atomic mass is 35.5. The number of thiazole rings is 1. The average molecular weight is 450 g/mol. The molecule has 2 aromatic rings. The van der Waals surface area contributed by atoms with Crippen LogP contribution in [0.2, 0.25) is 5.02 Å². The number of thiocarbonyl (C=S) groups is 1. The molecule has 0 aliphatic rings. The summed E-state index contributed by atoms with van der Waals surface area (Å²) in [5.41, 5.74) is 3.15. The lowest BCUT2D eigenvalue weighted by Crippen LogP contribution is -2.44. The Morgan fingerprint density at radius 2 is 1.93 bits per heavy atom. The molecule has 28 heavy (non-hydrogen) atoms. The lowest BCUT2D eigenvalue weighted by Gasteiger charge is -2.21. The maximum Gasteiger partial charge on any atom is 0.417 e. The topological polar surface area (TPSA) is 62.2 Å². The van der Waals surface area contributed by atoms with Crippen molar-refractivity contribution in [2.45, 2.75) is 46.3 Å². The number of halogens is 4. The summed E-state index contributed by atoms with van der Waals surface area (Å²) in [7, 11) is 0. The molecule has 2 N–H and O–H groups in total. The summed E-state index contributed by atoms with van der Waals surface area (Å²) >= 11 is 12.4. The highest BCUT2D eigenvalue weighted by Gasteiger charge is 2.32. The SMILES string of the molecule is C/C(=N/NC(=S)NC(C)(C)C)c1sc(-c2ncc(C(F)(F)F)cc2Cl)nc1C. The van der Waals surface area contributed by atoms with Crippen LogP contribution in [0.1, 0.15) is 43.8 Å². The molecular formula is C17H19ClF3N5S2. The normalized spacial score (nSPS) is 12.8. The van der Waals surface area contributed by atoms with E-state index in [9.17, 15) is 13.2 Å². The van der Waals surface area contributed by atoms with E-state index in [-0.39, 0.29) is 16.3 Å². The molecule has 0 aromatic carbocycles. The van der Waals surface area contributed by atoms with Gasteiger partial charge in [-0.2, -0.15) is 18.3 Å². The van der Waals surface area contributed by atoms with Gasteiger partial charge in [-0.1, -0.05) is 11.6 Å². The number of hydrogen-bond donors (Lipinski definition) is 2. The molecule has 0 atom stereocenters. The van der Waals surface area contributed by atoms with Crippen molar-refractivity contribution in [3.05, 3.63) is 33.4 Å². The van der Waals surface area contributed by atoms with E-state index in [0.717, 1.165) is 17.1 Å². The highest BCUT2D eigenvalue weighted by Crippen LogP contribution is 2.36. The lowest BCUT2D eigenvalue weighted by atomic mass is 10.1. The number of hydrogen-bond acceptors (Lipinski definition) is 5. The maximum atomic E-state index is 12.8. The number of aryl methyl sites for hydroxylation is 1. The van der Waals surface area contributed by atoms with Gasteiger partial charge < -0.3 is 5.32 Å². The third-order valence-electron chi connectivity index (χ3n) is 3.31. The first-order valence-corrected chi connectivity index (χ1v) is 9.71. The second-order valence-electron chi connectivity index (χ2n) is 7.00. The molecule has 0 bridgehead atoms. The molecule has 0 amide bonds. The molecule has 0 spiro atoms. The molecular weight excluding hydrogens is 431 g/mol. The van der Waals surface area contributed by atoms with Crippen molar-refractivity contribution in [2.75, 3.05) is 0 Å². The van der Waals surface area contributed by atoms with Crippen molar-refractivity contribution >= 4 is 46.0 Å². The largest absolute Gasteiger partial charge is 0.417 e. The first-order chi connectivity index (χ1) is 12.8. The minimum atomic E-state index is -4.51. The molecule has 152 valence electrons. The Hall–Kier alpha value is -1.78. The third kappa shape index (κ3) is 5.86. The number of nitrogens with zero attached hydrogens (tertiary/aromatic N) is 3. The van der Waals surface area contributed by atoms with Crippen LogP contribution in [0.15, 0.2) is 17.4 Å². The van der Waals surface area contributed by atoms with Crippen LogP contribution in [0, 0.1) is 6.92 Å². The van der Waals surface area contributed by atoms with Crippen LogP contribution in [0.3, 0.4) is 0 Å². The summed E-state index contributed by atoms with van der Waals surface area (Å²) in [6.07, 6.45) is -3.76. The van der Waals surface area contributed by atoms with Gasteiger partial charge in [-0.05, 0) is 52.9 Å². The van der Waals surface area contributed by atoms with Crippen LogP contribution in [-0.2, 0) is 6.18 Å². The maximum absolute atomic E-state index is 12.8. The molecule has 0 aliphatic heterocycles. The standard InChI is InChI=1S/C17H19ClF3N5S2/c1-8-13(9(2)25-26-15(27)24-16(3,4)5)28-14(23-8)12-11(18)6-10(7-22-12)17(19,20)21/h6-7H,1-5H3,(H2,24,26,27)/b25-9-. The Morgan fingerprint density at radius 3 is 2.46 bits per heavy atom. The summed E-state index contributed by atoms with van der Waals surface area (Å²) in [6.45, 7) is 9.46. The Labute approximate surface area is 175 Å². The van der Waals surface area contributed by atoms with Gasteiger partial charge in [0.1, 0.15) is 10.7 Å². The van der Waals surface area contributed by atoms with E-state index < -0.39 is 11.7 Å². The van der Waals surface area contributed by atoms with Crippen LogP contribution < -0.4 is 10.7 Å². The number of pyridine rings is 1. The smallest absolute Gasteiger partial charge is 0.357 e. The summed E-state index contributed by atoms with van der Waals surface area (Å²) in [5.74, 6) is 0. The fraction of sp³-hybridized carbons (Fsp3) is 0.412. The molecule has 0 fully saturated rings. The summed E-state index contributed by atoms with van der Waals surface area (Å²) in [6, 6.07) is 0.847. The molecule has 2 heterocycles. The monoisotopic (exact) mass is 449 g/mol. The first-order valence-electron chi connectivity index (χ1n) is 8.11. The van der Waals surface area contributed by atoms with Crippen LogP contribution in [0.4, 0.5) is 13.2 Å². The van der Waals surface area contributed by atoms with E-state index in [1.54, 1.807) is 13.8 Å². The molecule has 0 saturated carbocycles. The van der Waals surface area contributed by atoms with E-state index in [1.165, 1.54) is 11.3 Å². The second kappa shape index (κ2) is 8.30. The van der Waals surface area contributed by atoms with Gasteiger partial charge in [-0.25, -0.2) is 4.98 Å². The quantitative estimate of drug-likeness (QED) is 0.384. The van der Waals surface area contributed by atoms with Crippen molar-refractivity contribution in [3.63, 3.8) is 0 Å². The zero-order valence-electron chi connectivity index (χ0n) is 15.8. The number of nitrogens with one attached hydrogen (secondary N) is 2. The van der Waals surface area contributed by atoms with Crippen LogP contribution in [0.5, 0.6) is 0 Å². The predicted octanol–water partition coefficient (Wildman–Crippen LogP) is 5.17. The summed E-state index contributed by atoms with van der Waals surface area (Å²) < 4.78 is 38.3. The number of aromatic nitrogens is 2. The van der Waals surface area contributed by atoms with Crippen molar-refractivity contribution < 1.29 is 13.2 Å². The van der Waals surface area contributed by atoms with Gasteiger partial charge in [0.05, 0.1) is 26.9 Å². The van der Waals surface area contributed by atoms with Gasteiger partial charge in [-0.15, -0.1) is 11.3 Å². The Bertz CT molecular complexity index is 916. The van der Waals surface area contributed by atoms with Gasteiger partial charge in [0, 0.05) is 11.7 Å². The Kier molecular flexibility index (Phi) is 6.67. The Balaban J connectivity index is 2.25. The van der Waals surface area contributed by atoms with Crippen molar-refractivity contribution in [2.24, 2.45) is 5.10 Å². The van der Waals surface area contributed by atoms with Crippen molar-refractivity contribution in [3.8, 4) is 10.7 Å². The lowest BCUT2D eigenvalue weighted by molar-refractivity contribution is -0.137. The molecule has 0 unspecified atom stereocenters. The van der Waals surface area contributed by atoms with Gasteiger partial charge in [-0.3, -0.25) is 10.4 Å². The summed E-state index contributed by atoms with van der Waals surface area (Å²) in [5, 5.41) is 8.00. The third-order valence-corrected chi connectivity index (χ3v) is 5.06. The fourth-order valence-electron chi connectivity index (χ4n) is 2.14. The van der Waals surface area contributed by atoms with Crippen molar-refractivity contribution in [1.82, 2.24) is 20.7 Å². The highest BCUT2D eigenvalue weighted by molar-refractivity contribution is 7.80. The van der Waals surface area contributed by atoms with Gasteiger partial charge in [0.15, 0.2) is 5.11 Å². The number of hydrazone groups is 1. The van der Waals surface area contributed by atoms with Gasteiger partial charge in [0.2, 0.25) is 0 Å². The van der Waals surface area contributed by atoms with E-state index in [2.05, 4.69) is 25.8 Å². The zero-order valence-corrected chi connectivity index (χ0v) is 18.2.